The Balaban J connectivity index is 2.29. The standard InChI is InChI=1S/C20H27N3O4/c1-26-14-16-5-3-4-6-19(16)22-21-18-7-8-20(17(13-18)15-27-2)23(9-11-24)10-12-25/h3-8,13,24-25H,9-12,14-15H2,1-2H3. The molecule has 0 unspecified atom stereocenters. The Morgan fingerprint density at radius 2 is 1.52 bits per heavy atom. The molecule has 27 heavy (non-hydrogen) atoms. The molecule has 0 aromatic heterocycles. The first-order chi connectivity index (χ1) is 13.2. The molecule has 7 heteroatoms. The number of aliphatic hydroxyl groups excluding tert-OH is 2. The van der Waals surface area contributed by atoms with Crippen molar-refractivity contribution in [2.24, 2.45) is 10.2 Å². The SMILES string of the molecule is COCc1ccccc1N=Nc1ccc(N(CCO)CCO)c(COC)c1. The number of methoxy groups -OCH3 is 2. The molecule has 146 valence electrons. The van der Waals surface area contributed by atoms with E-state index in [1.165, 1.54) is 0 Å². The molecule has 0 fully saturated rings. The third-order valence-electron chi connectivity index (χ3n) is 4.01. The lowest BCUT2D eigenvalue weighted by Crippen LogP contribution is -2.30. The third kappa shape index (κ3) is 6.11. The van der Waals surface area contributed by atoms with Gasteiger partial charge in [-0.25, -0.2) is 0 Å². The van der Waals surface area contributed by atoms with Gasteiger partial charge in [-0.3, -0.25) is 0 Å². The van der Waals surface area contributed by atoms with Crippen LogP contribution in [0.2, 0.25) is 0 Å². The van der Waals surface area contributed by atoms with Gasteiger partial charge in [-0.2, -0.15) is 10.2 Å². The molecule has 0 amide bonds. The lowest BCUT2D eigenvalue weighted by Gasteiger charge is -2.25. The van der Waals surface area contributed by atoms with Gasteiger partial charge in [-0.05, 0) is 24.3 Å². The van der Waals surface area contributed by atoms with E-state index in [0.29, 0.717) is 32.0 Å². The minimum absolute atomic E-state index is 0.00413. The summed E-state index contributed by atoms with van der Waals surface area (Å²) in [5.41, 5.74) is 4.25. The number of benzene rings is 2. The molecule has 2 N–H and O–H groups in total. The van der Waals surface area contributed by atoms with Crippen molar-refractivity contribution in [3.05, 3.63) is 53.6 Å². The molecule has 2 rings (SSSR count). The van der Waals surface area contributed by atoms with Crippen LogP contribution in [0, 0.1) is 0 Å². The summed E-state index contributed by atoms with van der Waals surface area (Å²) in [5, 5.41) is 27.3. The summed E-state index contributed by atoms with van der Waals surface area (Å²) in [5.74, 6) is 0. The number of aliphatic hydroxyl groups is 2. The summed E-state index contributed by atoms with van der Waals surface area (Å²) in [6.45, 7) is 1.74. The van der Waals surface area contributed by atoms with E-state index in [0.717, 1.165) is 22.5 Å². The molecule has 7 nitrogen and oxygen atoms in total. The van der Waals surface area contributed by atoms with Crippen LogP contribution >= 0.6 is 0 Å². The lowest BCUT2D eigenvalue weighted by atomic mass is 10.1. The largest absolute Gasteiger partial charge is 0.395 e. The van der Waals surface area contributed by atoms with Crippen LogP contribution in [0.15, 0.2) is 52.7 Å². The van der Waals surface area contributed by atoms with Crippen molar-refractivity contribution in [3.8, 4) is 0 Å². The molecular formula is C20H27N3O4. The average Bonchev–Trinajstić information content (AvgIpc) is 2.68. The van der Waals surface area contributed by atoms with Crippen LogP contribution in [0.25, 0.3) is 0 Å². The van der Waals surface area contributed by atoms with E-state index in [4.69, 9.17) is 9.47 Å². The van der Waals surface area contributed by atoms with E-state index in [9.17, 15) is 10.2 Å². The van der Waals surface area contributed by atoms with Gasteiger partial charge in [0.05, 0.1) is 37.8 Å². The van der Waals surface area contributed by atoms with Gasteiger partial charge in [-0.15, -0.1) is 0 Å². The highest BCUT2D eigenvalue weighted by molar-refractivity contribution is 5.59. The first kappa shape index (κ1) is 21.0. The Morgan fingerprint density at radius 1 is 0.852 bits per heavy atom. The third-order valence-corrected chi connectivity index (χ3v) is 4.01. The van der Waals surface area contributed by atoms with E-state index in [-0.39, 0.29) is 13.2 Å². The van der Waals surface area contributed by atoms with Crippen LogP contribution in [0.4, 0.5) is 17.1 Å². The molecule has 2 aromatic rings. The van der Waals surface area contributed by atoms with Crippen LogP contribution in [0.3, 0.4) is 0 Å². The van der Waals surface area contributed by atoms with Crippen LogP contribution in [0.5, 0.6) is 0 Å². The number of hydrogen-bond acceptors (Lipinski definition) is 7. The van der Waals surface area contributed by atoms with Gasteiger partial charge in [0.2, 0.25) is 0 Å². The van der Waals surface area contributed by atoms with E-state index in [1.807, 2.05) is 47.4 Å². The normalized spacial score (nSPS) is 11.3. The number of azo groups is 1. The fraction of sp³-hybridized carbons (Fsp3) is 0.400. The lowest BCUT2D eigenvalue weighted by molar-refractivity contribution is 0.185. The fourth-order valence-corrected chi connectivity index (χ4v) is 2.81. The maximum Gasteiger partial charge on any atom is 0.0912 e. The summed E-state index contributed by atoms with van der Waals surface area (Å²) < 4.78 is 10.5. The fourth-order valence-electron chi connectivity index (χ4n) is 2.81. The summed E-state index contributed by atoms with van der Waals surface area (Å²) in [7, 11) is 3.27. The predicted octanol–water partition coefficient (Wildman–Crippen LogP) is 3.19. The van der Waals surface area contributed by atoms with E-state index < -0.39 is 0 Å². The summed E-state index contributed by atoms with van der Waals surface area (Å²) in [6.07, 6.45) is 0. The van der Waals surface area contributed by atoms with Gasteiger partial charge in [0.25, 0.3) is 0 Å². The van der Waals surface area contributed by atoms with Crippen molar-refractivity contribution in [1.82, 2.24) is 0 Å². The highest BCUT2D eigenvalue weighted by Crippen LogP contribution is 2.28. The first-order valence-corrected chi connectivity index (χ1v) is 8.80. The molecule has 0 aliphatic rings. The van der Waals surface area contributed by atoms with Crippen molar-refractivity contribution in [3.63, 3.8) is 0 Å². The van der Waals surface area contributed by atoms with Crippen molar-refractivity contribution in [1.29, 1.82) is 0 Å². The number of rotatable bonds is 11. The zero-order valence-corrected chi connectivity index (χ0v) is 15.8. The molecule has 0 saturated heterocycles. The summed E-state index contributed by atoms with van der Waals surface area (Å²) in [6, 6.07) is 13.4. The van der Waals surface area contributed by atoms with E-state index >= 15 is 0 Å². The van der Waals surface area contributed by atoms with Gasteiger partial charge in [0.15, 0.2) is 0 Å². The quantitative estimate of drug-likeness (QED) is 0.591. The smallest absolute Gasteiger partial charge is 0.0912 e. The highest BCUT2D eigenvalue weighted by Gasteiger charge is 2.12. The molecule has 0 atom stereocenters. The number of anilines is 1. The molecular weight excluding hydrogens is 346 g/mol. The molecule has 0 heterocycles. The number of nitrogens with zero attached hydrogens (tertiary/aromatic N) is 3. The van der Waals surface area contributed by atoms with Gasteiger partial charge < -0.3 is 24.6 Å². The molecule has 0 radical (unpaired) electrons. The average molecular weight is 373 g/mol. The zero-order valence-electron chi connectivity index (χ0n) is 15.8. The van der Waals surface area contributed by atoms with Crippen molar-refractivity contribution in [2.75, 3.05) is 45.4 Å². The molecule has 2 aromatic carbocycles. The van der Waals surface area contributed by atoms with Crippen molar-refractivity contribution < 1.29 is 19.7 Å². The minimum Gasteiger partial charge on any atom is -0.395 e. The van der Waals surface area contributed by atoms with Crippen molar-refractivity contribution >= 4 is 17.1 Å². The summed E-state index contributed by atoms with van der Waals surface area (Å²) >= 11 is 0. The molecule has 0 aliphatic carbocycles. The number of ether oxygens (including phenoxy) is 2. The second-order valence-electron chi connectivity index (χ2n) is 5.94. The van der Waals surface area contributed by atoms with Crippen molar-refractivity contribution in [2.45, 2.75) is 13.2 Å². The van der Waals surface area contributed by atoms with Crippen LogP contribution < -0.4 is 4.90 Å². The predicted molar refractivity (Wildman–Crippen MR) is 105 cm³/mol. The Labute approximate surface area is 159 Å². The molecule has 0 bridgehead atoms. The zero-order chi connectivity index (χ0) is 19.5. The monoisotopic (exact) mass is 373 g/mol. The molecule has 0 spiro atoms. The first-order valence-electron chi connectivity index (χ1n) is 8.80. The van der Waals surface area contributed by atoms with E-state index in [2.05, 4.69) is 10.2 Å². The summed E-state index contributed by atoms with van der Waals surface area (Å²) in [4.78, 5) is 1.92. The van der Waals surface area contributed by atoms with Crippen LogP contribution in [-0.4, -0.2) is 50.7 Å². The maximum absolute atomic E-state index is 9.28. The Morgan fingerprint density at radius 3 is 2.19 bits per heavy atom. The minimum atomic E-state index is 0.00413. The van der Waals surface area contributed by atoms with Crippen LogP contribution in [-0.2, 0) is 22.7 Å². The highest BCUT2D eigenvalue weighted by atomic mass is 16.5. The Hall–Kier alpha value is -2.32. The molecule has 0 saturated carbocycles. The Kier molecular flexibility index (Phi) is 8.86. The maximum atomic E-state index is 9.28. The second-order valence-corrected chi connectivity index (χ2v) is 5.94. The molecule has 0 aliphatic heterocycles. The van der Waals surface area contributed by atoms with Crippen LogP contribution in [0.1, 0.15) is 11.1 Å². The van der Waals surface area contributed by atoms with Gasteiger partial charge in [0, 0.05) is 44.1 Å². The van der Waals surface area contributed by atoms with Gasteiger partial charge >= 0.3 is 0 Å². The van der Waals surface area contributed by atoms with Gasteiger partial charge in [0.1, 0.15) is 0 Å². The Bertz CT molecular complexity index is 731. The van der Waals surface area contributed by atoms with E-state index in [1.54, 1.807) is 14.2 Å². The van der Waals surface area contributed by atoms with Gasteiger partial charge in [-0.1, -0.05) is 18.2 Å². The number of hydrogen-bond donors (Lipinski definition) is 2. The second kappa shape index (κ2) is 11.4. The topological polar surface area (TPSA) is 86.9 Å².